The highest BCUT2D eigenvalue weighted by molar-refractivity contribution is 7.89. The zero-order chi connectivity index (χ0) is 20.1. The minimum absolute atomic E-state index is 0.0605. The van der Waals surface area contributed by atoms with Crippen molar-refractivity contribution < 1.29 is 18.0 Å². The Bertz CT molecular complexity index is 1150. The number of piperidine rings is 1. The number of hydrogen-bond acceptors (Lipinski definition) is 6. The van der Waals surface area contributed by atoms with Crippen LogP contribution in [0.5, 0.6) is 0 Å². The Morgan fingerprint density at radius 2 is 1.57 bits per heavy atom. The number of anilines is 1. The predicted molar refractivity (Wildman–Crippen MR) is 101 cm³/mol. The number of carbonyl (C=O) groups excluding carboxylic acids is 2. The van der Waals surface area contributed by atoms with E-state index in [-0.39, 0.29) is 21.8 Å². The van der Waals surface area contributed by atoms with Gasteiger partial charge in [-0.15, -0.1) is 0 Å². The summed E-state index contributed by atoms with van der Waals surface area (Å²) < 4.78 is 28.0. The van der Waals surface area contributed by atoms with E-state index in [1.807, 2.05) is 0 Å². The van der Waals surface area contributed by atoms with Gasteiger partial charge in [-0.25, -0.2) is 8.42 Å². The molecule has 1 aromatic carbocycles. The minimum Gasteiger partial charge on any atom is -0.384 e. The number of nitrogens with two attached hydrogens (primary N) is 1. The molecule has 1 fully saturated rings. The number of amides is 2. The highest BCUT2D eigenvalue weighted by Crippen LogP contribution is 2.25. The van der Waals surface area contributed by atoms with Gasteiger partial charge in [-0.1, -0.05) is 6.42 Å². The number of nitrogens with one attached hydrogen (secondary N) is 1. The summed E-state index contributed by atoms with van der Waals surface area (Å²) in [4.78, 5) is 36.2. The number of imide groups is 1. The summed E-state index contributed by atoms with van der Waals surface area (Å²) in [5.41, 5.74) is 5.57. The van der Waals surface area contributed by atoms with E-state index in [0.29, 0.717) is 18.8 Å². The molecule has 0 radical (unpaired) electrons. The van der Waals surface area contributed by atoms with Crippen LogP contribution in [0.15, 0.2) is 40.0 Å². The summed E-state index contributed by atoms with van der Waals surface area (Å²) in [5.74, 6) is -1.51. The van der Waals surface area contributed by atoms with Crippen LogP contribution >= 0.6 is 0 Å². The van der Waals surface area contributed by atoms with Crippen LogP contribution in [-0.4, -0.2) is 42.2 Å². The molecule has 28 heavy (non-hydrogen) atoms. The fraction of sp³-hybridized carbons (Fsp3) is 0.278. The molecule has 0 saturated carbocycles. The van der Waals surface area contributed by atoms with Gasteiger partial charge < -0.3 is 5.73 Å². The van der Waals surface area contributed by atoms with Crippen molar-refractivity contribution in [3.05, 3.63) is 51.8 Å². The minimum atomic E-state index is -3.60. The van der Waals surface area contributed by atoms with Crippen LogP contribution in [0, 0.1) is 0 Å². The zero-order valence-electron chi connectivity index (χ0n) is 14.8. The molecule has 0 aliphatic carbocycles. The molecule has 4 rings (SSSR count). The van der Waals surface area contributed by atoms with E-state index in [0.717, 1.165) is 29.9 Å². The molecule has 3 N–H and O–H groups in total. The molecule has 9 nitrogen and oxygen atoms in total. The zero-order valence-corrected chi connectivity index (χ0v) is 15.7. The molecular formula is C18H18N4O5S. The van der Waals surface area contributed by atoms with Gasteiger partial charge in [0.15, 0.2) is 0 Å². The van der Waals surface area contributed by atoms with Gasteiger partial charge in [-0.2, -0.15) is 4.31 Å². The molecule has 0 unspecified atom stereocenters. The number of pyridine rings is 1. The Labute approximate surface area is 160 Å². The van der Waals surface area contributed by atoms with Crippen molar-refractivity contribution in [1.29, 1.82) is 0 Å². The van der Waals surface area contributed by atoms with Gasteiger partial charge in [-0.3, -0.25) is 24.3 Å². The van der Waals surface area contributed by atoms with Gasteiger partial charge in [0.2, 0.25) is 10.0 Å². The van der Waals surface area contributed by atoms with Crippen LogP contribution in [0.2, 0.25) is 0 Å². The summed E-state index contributed by atoms with van der Waals surface area (Å²) in [5, 5.41) is 2.10. The molecule has 1 aromatic heterocycles. The normalized spacial score (nSPS) is 17.4. The number of aromatic nitrogens is 1. The molecule has 1 saturated heterocycles. The third-order valence-corrected chi connectivity index (χ3v) is 6.91. The SMILES string of the molecule is Nc1c2c(cc(=O)n1-c1ccc(S(=O)(=O)N3CCCCC3)cc1)C(=O)NC2=O. The number of fused-ring (bicyclic) bond motifs is 1. The van der Waals surface area contributed by atoms with Crippen LogP contribution in [-0.2, 0) is 10.0 Å². The number of hydrogen-bond donors (Lipinski definition) is 2. The van der Waals surface area contributed by atoms with E-state index in [4.69, 9.17) is 5.73 Å². The molecule has 2 aromatic rings. The van der Waals surface area contributed by atoms with E-state index in [2.05, 4.69) is 5.32 Å². The van der Waals surface area contributed by atoms with E-state index in [1.165, 1.54) is 28.6 Å². The highest BCUT2D eigenvalue weighted by Gasteiger charge is 2.32. The first-order valence-corrected chi connectivity index (χ1v) is 10.3. The van der Waals surface area contributed by atoms with Crippen LogP contribution in [0.25, 0.3) is 5.69 Å². The van der Waals surface area contributed by atoms with Gasteiger partial charge >= 0.3 is 0 Å². The predicted octanol–water partition coefficient (Wildman–Crippen LogP) is 0.478. The number of nitrogens with zero attached hydrogens (tertiary/aromatic N) is 2. The van der Waals surface area contributed by atoms with Gasteiger partial charge in [0, 0.05) is 19.2 Å². The number of nitrogen functional groups attached to an aromatic ring is 1. The molecule has 3 heterocycles. The Hall–Kier alpha value is -2.98. The number of carbonyl (C=O) groups is 2. The molecule has 0 spiro atoms. The van der Waals surface area contributed by atoms with E-state index in [9.17, 15) is 22.8 Å². The molecule has 146 valence electrons. The lowest BCUT2D eigenvalue weighted by Crippen LogP contribution is -2.35. The van der Waals surface area contributed by atoms with Crippen molar-refractivity contribution in [2.45, 2.75) is 24.2 Å². The second kappa shape index (κ2) is 6.57. The highest BCUT2D eigenvalue weighted by atomic mass is 32.2. The van der Waals surface area contributed by atoms with Crippen LogP contribution < -0.4 is 16.6 Å². The third kappa shape index (κ3) is 2.81. The maximum absolute atomic E-state index is 12.7. The maximum atomic E-state index is 12.7. The van der Waals surface area contributed by atoms with Crippen molar-refractivity contribution in [1.82, 2.24) is 14.2 Å². The van der Waals surface area contributed by atoms with Crippen molar-refractivity contribution in [2.75, 3.05) is 18.8 Å². The average Bonchev–Trinajstić information content (AvgIpc) is 2.96. The van der Waals surface area contributed by atoms with Gasteiger partial charge in [0.1, 0.15) is 5.82 Å². The second-order valence-electron chi connectivity index (χ2n) is 6.73. The summed E-state index contributed by atoms with van der Waals surface area (Å²) in [7, 11) is -3.60. The standard InChI is InChI=1S/C18H18N4O5S/c19-16-15-13(17(24)20-18(15)25)10-14(23)22(16)11-4-6-12(7-5-11)28(26,27)21-8-2-1-3-9-21/h4-7,10H,1-3,8-9,19H2,(H,20,24,25). The maximum Gasteiger partial charge on any atom is 0.262 e. The van der Waals surface area contributed by atoms with E-state index >= 15 is 0 Å². The molecular weight excluding hydrogens is 384 g/mol. The number of sulfonamides is 1. The first-order chi connectivity index (χ1) is 13.3. The Balaban J connectivity index is 1.75. The molecule has 10 heteroatoms. The molecule has 0 bridgehead atoms. The lowest BCUT2D eigenvalue weighted by molar-refractivity contribution is 0.0880. The van der Waals surface area contributed by atoms with E-state index in [1.54, 1.807) is 0 Å². The van der Waals surface area contributed by atoms with Crippen LogP contribution in [0.1, 0.15) is 40.0 Å². The van der Waals surface area contributed by atoms with E-state index < -0.39 is 27.4 Å². The Morgan fingerprint density at radius 1 is 0.929 bits per heavy atom. The molecule has 0 atom stereocenters. The van der Waals surface area contributed by atoms with Crippen molar-refractivity contribution in [2.24, 2.45) is 0 Å². The monoisotopic (exact) mass is 402 g/mol. The Kier molecular flexibility index (Phi) is 4.31. The molecule has 2 amide bonds. The molecule has 2 aliphatic rings. The number of benzene rings is 1. The van der Waals surface area contributed by atoms with Gasteiger partial charge in [-0.05, 0) is 37.1 Å². The largest absolute Gasteiger partial charge is 0.384 e. The number of rotatable bonds is 3. The fourth-order valence-electron chi connectivity index (χ4n) is 3.57. The van der Waals surface area contributed by atoms with Gasteiger partial charge in [0.05, 0.1) is 21.7 Å². The topological polar surface area (TPSA) is 132 Å². The smallest absolute Gasteiger partial charge is 0.262 e. The van der Waals surface area contributed by atoms with Gasteiger partial charge in [0.25, 0.3) is 17.4 Å². The molecule has 2 aliphatic heterocycles. The van der Waals surface area contributed by atoms with Crippen LogP contribution in [0.3, 0.4) is 0 Å². The lowest BCUT2D eigenvalue weighted by atomic mass is 10.1. The quantitative estimate of drug-likeness (QED) is 0.718. The summed E-state index contributed by atoms with van der Waals surface area (Å²) in [6.07, 6.45) is 2.68. The second-order valence-corrected chi connectivity index (χ2v) is 8.67. The fourth-order valence-corrected chi connectivity index (χ4v) is 5.08. The lowest BCUT2D eigenvalue weighted by Gasteiger charge is -2.26. The van der Waals surface area contributed by atoms with Crippen LogP contribution in [0.4, 0.5) is 5.82 Å². The third-order valence-electron chi connectivity index (χ3n) is 5.00. The van der Waals surface area contributed by atoms with Crippen molar-refractivity contribution >= 4 is 27.7 Å². The summed E-state index contributed by atoms with van der Waals surface area (Å²) in [6, 6.07) is 6.77. The van der Waals surface area contributed by atoms with Crippen molar-refractivity contribution in [3.8, 4) is 5.69 Å². The summed E-state index contributed by atoms with van der Waals surface area (Å²) >= 11 is 0. The Morgan fingerprint density at radius 3 is 2.21 bits per heavy atom. The first kappa shape index (κ1) is 18.4. The average molecular weight is 402 g/mol. The summed E-state index contributed by atoms with van der Waals surface area (Å²) in [6.45, 7) is 0.981. The van der Waals surface area contributed by atoms with Crippen molar-refractivity contribution in [3.63, 3.8) is 0 Å². The first-order valence-electron chi connectivity index (χ1n) is 8.82.